The van der Waals surface area contributed by atoms with E-state index in [-0.39, 0.29) is 11.6 Å². The Hall–Kier alpha value is -2.62. The van der Waals surface area contributed by atoms with Crippen LogP contribution in [0.25, 0.3) is 10.9 Å². The maximum absolute atomic E-state index is 12.0. The van der Waals surface area contributed by atoms with Gasteiger partial charge in [-0.05, 0) is 37.6 Å². The summed E-state index contributed by atoms with van der Waals surface area (Å²) in [6, 6.07) is 13.5. The molecule has 0 unspecified atom stereocenters. The maximum atomic E-state index is 12.0. The van der Waals surface area contributed by atoms with Crippen LogP contribution in [-0.2, 0) is 0 Å². The van der Waals surface area contributed by atoms with E-state index in [2.05, 4.69) is 10.3 Å². The van der Waals surface area contributed by atoms with Crippen LogP contribution in [0.2, 0.25) is 0 Å². The predicted molar refractivity (Wildman–Crippen MR) is 79.5 cm³/mol. The summed E-state index contributed by atoms with van der Waals surface area (Å²) in [6.45, 7) is 3.91. The molecule has 0 bridgehead atoms. The van der Waals surface area contributed by atoms with Gasteiger partial charge in [-0.15, -0.1) is 0 Å². The maximum Gasteiger partial charge on any atom is 0.348 e. The van der Waals surface area contributed by atoms with E-state index in [9.17, 15) is 4.79 Å². The van der Waals surface area contributed by atoms with E-state index >= 15 is 0 Å². The molecule has 0 radical (unpaired) electrons. The molecule has 3 rings (SSSR count). The third-order valence-electron chi connectivity index (χ3n) is 3.17. The summed E-state index contributed by atoms with van der Waals surface area (Å²) in [4.78, 5) is 16.3. The number of hydrogen-bond acceptors (Lipinski definition) is 4. The van der Waals surface area contributed by atoms with Gasteiger partial charge < -0.3 is 9.73 Å². The summed E-state index contributed by atoms with van der Waals surface area (Å²) < 4.78 is 5.23. The zero-order valence-electron chi connectivity index (χ0n) is 11.3. The Morgan fingerprint density at radius 2 is 1.90 bits per heavy atom. The van der Waals surface area contributed by atoms with Crippen LogP contribution in [0, 0.1) is 13.8 Å². The van der Waals surface area contributed by atoms with Crippen LogP contribution in [0.15, 0.2) is 51.7 Å². The van der Waals surface area contributed by atoms with E-state index in [1.807, 2.05) is 50.2 Å². The highest BCUT2D eigenvalue weighted by Gasteiger charge is 2.07. The second-order valence-electron chi connectivity index (χ2n) is 4.77. The monoisotopic (exact) mass is 266 g/mol. The summed E-state index contributed by atoms with van der Waals surface area (Å²) in [5.74, 6) is 0. The fourth-order valence-corrected chi connectivity index (χ4v) is 2.07. The van der Waals surface area contributed by atoms with Gasteiger partial charge in [0.05, 0.1) is 10.9 Å². The number of nitrogens with one attached hydrogen (secondary N) is 1. The molecule has 0 fully saturated rings. The average Bonchev–Trinajstić information content (AvgIpc) is 2.42. The molecule has 0 amide bonds. The normalized spacial score (nSPS) is 10.7. The van der Waals surface area contributed by atoms with Crippen molar-refractivity contribution in [1.29, 1.82) is 0 Å². The molecule has 4 heteroatoms. The summed E-state index contributed by atoms with van der Waals surface area (Å²) in [5.41, 5.74) is 3.18. The van der Waals surface area contributed by atoms with Crippen LogP contribution < -0.4 is 10.9 Å². The Morgan fingerprint density at radius 3 is 2.70 bits per heavy atom. The molecule has 20 heavy (non-hydrogen) atoms. The molecule has 1 heterocycles. The Labute approximate surface area is 116 Å². The molecule has 0 spiro atoms. The molecule has 1 aromatic heterocycles. The van der Waals surface area contributed by atoms with Crippen molar-refractivity contribution in [2.75, 3.05) is 5.32 Å². The Morgan fingerprint density at radius 1 is 1.10 bits per heavy atom. The van der Waals surface area contributed by atoms with E-state index in [1.54, 1.807) is 6.07 Å². The quantitative estimate of drug-likeness (QED) is 0.770. The van der Waals surface area contributed by atoms with Crippen molar-refractivity contribution in [3.05, 3.63) is 64.0 Å². The van der Waals surface area contributed by atoms with Gasteiger partial charge in [0.15, 0.2) is 0 Å². The lowest BCUT2D eigenvalue weighted by atomic mass is 10.2. The molecule has 0 aliphatic carbocycles. The highest BCUT2D eigenvalue weighted by Crippen LogP contribution is 2.19. The van der Waals surface area contributed by atoms with Crippen molar-refractivity contribution in [3.63, 3.8) is 0 Å². The highest BCUT2D eigenvalue weighted by molar-refractivity contribution is 5.79. The number of para-hydroxylation sites is 1. The standard InChI is InChI=1S/C16H14N2O2/c1-10-7-8-14-12(9-10)15(19)20-16(18-14)17-13-6-4-3-5-11(13)2/h3-9H,1-2H3,(H,17,18). The van der Waals surface area contributed by atoms with Gasteiger partial charge in [0, 0.05) is 5.69 Å². The summed E-state index contributed by atoms with van der Waals surface area (Å²) >= 11 is 0. The third kappa shape index (κ3) is 2.28. The van der Waals surface area contributed by atoms with E-state index < -0.39 is 0 Å². The molecular formula is C16H14N2O2. The minimum absolute atomic E-state index is 0.209. The Bertz CT molecular complexity index is 837. The number of anilines is 2. The summed E-state index contributed by atoms with van der Waals surface area (Å²) in [6.07, 6.45) is 0. The fraction of sp³-hybridized carbons (Fsp3) is 0.125. The largest absolute Gasteiger partial charge is 0.388 e. The molecule has 100 valence electrons. The molecule has 0 saturated heterocycles. The lowest BCUT2D eigenvalue weighted by Crippen LogP contribution is -2.05. The SMILES string of the molecule is Cc1ccc2nc(Nc3ccccc3C)oc(=O)c2c1. The molecule has 1 N–H and O–H groups in total. The third-order valence-corrected chi connectivity index (χ3v) is 3.17. The second kappa shape index (κ2) is 4.81. The zero-order chi connectivity index (χ0) is 14.1. The Balaban J connectivity index is 2.08. The summed E-state index contributed by atoms with van der Waals surface area (Å²) in [7, 11) is 0. The van der Waals surface area contributed by atoms with Crippen LogP contribution >= 0.6 is 0 Å². The number of benzene rings is 2. The molecular weight excluding hydrogens is 252 g/mol. The molecule has 3 aromatic rings. The molecule has 2 aromatic carbocycles. The van der Waals surface area contributed by atoms with Gasteiger partial charge in [-0.3, -0.25) is 0 Å². The van der Waals surface area contributed by atoms with Gasteiger partial charge >= 0.3 is 11.6 Å². The molecule has 4 nitrogen and oxygen atoms in total. The minimum Gasteiger partial charge on any atom is -0.388 e. The van der Waals surface area contributed by atoms with E-state index in [0.717, 1.165) is 16.8 Å². The topological polar surface area (TPSA) is 55.1 Å². The lowest BCUT2D eigenvalue weighted by Gasteiger charge is -2.07. The van der Waals surface area contributed by atoms with Crippen molar-refractivity contribution in [1.82, 2.24) is 4.98 Å². The highest BCUT2D eigenvalue weighted by atomic mass is 16.4. The molecule has 0 atom stereocenters. The van der Waals surface area contributed by atoms with Gasteiger partial charge in [-0.25, -0.2) is 4.79 Å². The van der Waals surface area contributed by atoms with Gasteiger partial charge in [0.25, 0.3) is 0 Å². The van der Waals surface area contributed by atoms with E-state index in [0.29, 0.717) is 10.9 Å². The minimum atomic E-state index is -0.380. The van der Waals surface area contributed by atoms with Crippen LogP contribution in [0.3, 0.4) is 0 Å². The van der Waals surface area contributed by atoms with Crippen molar-refractivity contribution >= 4 is 22.6 Å². The van der Waals surface area contributed by atoms with Gasteiger partial charge in [-0.2, -0.15) is 4.98 Å². The number of aryl methyl sites for hydroxylation is 2. The smallest absolute Gasteiger partial charge is 0.348 e. The lowest BCUT2D eigenvalue weighted by molar-refractivity contribution is 0.522. The molecule has 0 aliphatic rings. The predicted octanol–water partition coefficient (Wildman–Crippen LogP) is 3.55. The first-order valence-corrected chi connectivity index (χ1v) is 6.37. The van der Waals surface area contributed by atoms with Gasteiger partial charge in [-0.1, -0.05) is 29.8 Å². The van der Waals surface area contributed by atoms with Gasteiger partial charge in [0.2, 0.25) is 0 Å². The number of rotatable bonds is 2. The van der Waals surface area contributed by atoms with Gasteiger partial charge in [0.1, 0.15) is 0 Å². The number of fused-ring (bicyclic) bond motifs is 1. The molecule has 0 saturated carbocycles. The first-order valence-electron chi connectivity index (χ1n) is 6.37. The van der Waals surface area contributed by atoms with Crippen molar-refractivity contribution in [2.45, 2.75) is 13.8 Å². The van der Waals surface area contributed by atoms with E-state index in [4.69, 9.17) is 4.42 Å². The van der Waals surface area contributed by atoms with Crippen LogP contribution in [0.5, 0.6) is 0 Å². The second-order valence-corrected chi connectivity index (χ2v) is 4.77. The Kier molecular flexibility index (Phi) is 2.99. The van der Waals surface area contributed by atoms with Crippen LogP contribution in [0.1, 0.15) is 11.1 Å². The fourth-order valence-electron chi connectivity index (χ4n) is 2.07. The van der Waals surface area contributed by atoms with E-state index in [1.165, 1.54) is 0 Å². The zero-order valence-corrected chi connectivity index (χ0v) is 11.3. The number of nitrogens with zero attached hydrogens (tertiary/aromatic N) is 1. The number of aromatic nitrogens is 1. The van der Waals surface area contributed by atoms with Crippen LogP contribution in [0.4, 0.5) is 11.7 Å². The summed E-state index contributed by atoms with van der Waals surface area (Å²) in [5, 5.41) is 3.54. The number of hydrogen-bond donors (Lipinski definition) is 1. The molecule has 0 aliphatic heterocycles. The van der Waals surface area contributed by atoms with Crippen LogP contribution in [-0.4, -0.2) is 4.98 Å². The van der Waals surface area contributed by atoms with Crippen molar-refractivity contribution in [2.24, 2.45) is 0 Å². The average molecular weight is 266 g/mol. The van der Waals surface area contributed by atoms with Crippen molar-refractivity contribution < 1.29 is 4.42 Å². The van der Waals surface area contributed by atoms with Crippen molar-refractivity contribution in [3.8, 4) is 0 Å². The first-order chi connectivity index (χ1) is 9.63. The first kappa shape index (κ1) is 12.4.